The highest BCUT2D eigenvalue weighted by Crippen LogP contribution is 2.28. The van der Waals surface area contributed by atoms with Crippen molar-refractivity contribution in [2.75, 3.05) is 13.1 Å². The third-order valence-electron chi connectivity index (χ3n) is 5.24. The van der Waals surface area contributed by atoms with Crippen molar-refractivity contribution in [2.24, 2.45) is 11.8 Å². The molecule has 2 atom stereocenters. The van der Waals surface area contributed by atoms with Crippen LogP contribution in [0.1, 0.15) is 31.4 Å². The summed E-state index contributed by atoms with van der Waals surface area (Å²) in [5.41, 5.74) is 2.02. The van der Waals surface area contributed by atoms with Gasteiger partial charge in [-0.15, -0.1) is 0 Å². The predicted molar refractivity (Wildman–Crippen MR) is 95.9 cm³/mol. The molecule has 0 radical (unpaired) electrons. The van der Waals surface area contributed by atoms with E-state index in [0.717, 1.165) is 55.8 Å². The van der Waals surface area contributed by atoms with E-state index >= 15 is 0 Å². The van der Waals surface area contributed by atoms with Gasteiger partial charge in [0.2, 0.25) is 5.91 Å². The average Bonchev–Trinajstić information content (AvgIpc) is 3.32. The average molecular weight is 339 g/mol. The second-order valence-electron chi connectivity index (χ2n) is 7.31. The summed E-state index contributed by atoms with van der Waals surface area (Å²) in [6.45, 7) is 1.93. The van der Waals surface area contributed by atoms with Crippen LogP contribution in [0.5, 0.6) is 0 Å². The fourth-order valence-electron chi connectivity index (χ4n) is 3.65. The van der Waals surface area contributed by atoms with Gasteiger partial charge in [0.05, 0.1) is 5.69 Å². The number of nitrogens with zero attached hydrogens (tertiary/aromatic N) is 1. The molecule has 1 aliphatic carbocycles. The van der Waals surface area contributed by atoms with E-state index in [1.54, 1.807) is 0 Å². The zero-order chi connectivity index (χ0) is 17.1. The molecule has 25 heavy (non-hydrogen) atoms. The molecule has 0 unspecified atom stereocenters. The molecular formula is C20H25N3O2. The summed E-state index contributed by atoms with van der Waals surface area (Å²) < 4.78 is 5.52. The van der Waals surface area contributed by atoms with Crippen LogP contribution in [-0.4, -0.2) is 30.2 Å². The third kappa shape index (κ3) is 4.28. The van der Waals surface area contributed by atoms with Gasteiger partial charge in [0.15, 0.2) is 5.76 Å². The van der Waals surface area contributed by atoms with Gasteiger partial charge in [0.25, 0.3) is 0 Å². The molecule has 0 spiro atoms. The smallest absolute Gasteiger partial charge is 0.220 e. The molecule has 1 aliphatic heterocycles. The first-order valence-corrected chi connectivity index (χ1v) is 9.29. The van der Waals surface area contributed by atoms with Crippen LogP contribution in [-0.2, 0) is 11.2 Å². The highest BCUT2D eigenvalue weighted by molar-refractivity contribution is 5.76. The Morgan fingerprint density at radius 1 is 1.20 bits per heavy atom. The van der Waals surface area contributed by atoms with Crippen LogP contribution in [0, 0.1) is 11.8 Å². The van der Waals surface area contributed by atoms with Gasteiger partial charge >= 0.3 is 0 Å². The molecule has 2 aliphatic rings. The van der Waals surface area contributed by atoms with Crippen molar-refractivity contribution in [3.63, 3.8) is 0 Å². The van der Waals surface area contributed by atoms with E-state index < -0.39 is 0 Å². The van der Waals surface area contributed by atoms with E-state index in [1.807, 2.05) is 36.4 Å². The van der Waals surface area contributed by atoms with Crippen LogP contribution in [0.4, 0.5) is 0 Å². The number of nitrogens with one attached hydrogen (secondary N) is 2. The zero-order valence-corrected chi connectivity index (χ0v) is 14.4. The molecule has 132 valence electrons. The Labute approximate surface area is 148 Å². The molecule has 1 aromatic carbocycles. The normalized spacial score (nSPS) is 23.4. The quantitative estimate of drug-likeness (QED) is 0.849. The molecule has 5 heteroatoms. The Balaban J connectivity index is 1.39. The van der Waals surface area contributed by atoms with Crippen molar-refractivity contribution in [1.82, 2.24) is 15.8 Å². The number of piperidine rings is 1. The first-order valence-electron chi connectivity index (χ1n) is 9.29. The van der Waals surface area contributed by atoms with Crippen LogP contribution >= 0.6 is 0 Å². The number of benzene rings is 1. The van der Waals surface area contributed by atoms with Crippen molar-refractivity contribution in [1.29, 1.82) is 0 Å². The highest BCUT2D eigenvalue weighted by atomic mass is 16.5. The Hall–Kier alpha value is -2.14. The van der Waals surface area contributed by atoms with Gasteiger partial charge in [-0.2, -0.15) is 0 Å². The lowest BCUT2D eigenvalue weighted by molar-refractivity contribution is -0.122. The number of carbonyl (C=O) groups excluding carboxylic acids is 1. The molecule has 2 aromatic rings. The Morgan fingerprint density at radius 2 is 2.04 bits per heavy atom. The van der Waals surface area contributed by atoms with Gasteiger partial charge in [-0.25, -0.2) is 0 Å². The van der Waals surface area contributed by atoms with E-state index in [1.165, 1.54) is 0 Å². The van der Waals surface area contributed by atoms with Gasteiger partial charge < -0.3 is 15.2 Å². The number of hydrogen-bond donors (Lipinski definition) is 2. The second-order valence-corrected chi connectivity index (χ2v) is 7.31. The molecule has 1 aromatic heterocycles. The monoisotopic (exact) mass is 339 g/mol. The van der Waals surface area contributed by atoms with E-state index in [2.05, 4.69) is 15.8 Å². The summed E-state index contributed by atoms with van der Waals surface area (Å²) in [6, 6.07) is 12.5. The van der Waals surface area contributed by atoms with Crippen molar-refractivity contribution in [3.8, 4) is 11.3 Å². The number of carbonyl (C=O) groups is 1. The second kappa shape index (κ2) is 7.40. The first kappa shape index (κ1) is 16.3. The standard InChI is InChI=1S/C20H25N3O2/c24-20(22-17-6-7-17)11-15-8-9-21-13-16(15)10-18-12-19(25-23-18)14-4-2-1-3-5-14/h1-5,12,15-17,21H,6-11,13H2,(H,22,24)/t15-,16+/m0/s1. The van der Waals surface area contributed by atoms with E-state index in [-0.39, 0.29) is 5.91 Å². The third-order valence-corrected chi connectivity index (χ3v) is 5.24. The molecule has 2 heterocycles. The van der Waals surface area contributed by atoms with Crippen LogP contribution in [0.25, 0.3) is 11.3 Å². The minimum atomic E-state index is 0.213. The molecule has 1 saturated heterocycles. The minimum Gasteiger partial charge on any atom is -0.356 e. The fourth-order valence-corrected chi connectivity index (χ4v) is 3.65. The lowest BCUT2D eigenvalue weighted by Gasteiger charge is -2.31. The molecule has 1 saturated carbocycles. The molecule has 2 fully saturated rings. The van der Waals surface area contributed by atoms with E-state index in [0.29, 0.717) is 24.3 Å². The number of hydrogen-bond acceptors (Lipinski definition) is 4. The molecule has 2 N–H and O–H groups in total. The van der Waals surface area contributed by atoms with Gasteiger partial charge in [0.1, 0.15) is 0 Å². The summed E-state index contributed by atoms with van der Waals surface area (Å²) in [5.74, 6) is 1.86. The maximum atomic E-state index is 12.2. The van der Waals surface area contributed by atoms with Crippen molar-refractivity contribution in [3.05, 3.63) is 42.1 Å². The predicted octanol–water partition coefficient (Wildman–Crippen LogP) is 2.78. The maximum absolute atomic E-state index is 12.2. The topological polar surface area (TPSA) is 67.2 Å². The Bertz CT molecular complexity index is 709. The van der Waals surface area contributed by atoms with E-state index in [9.17, 15) is 4.79 Å². The van der Waals surface area contributed by atoms with Crippen LogP contribution < -0.4 is 10.6 Å². The Kier molecular flexibility index (Phi) is 4.83. The van der Waals surface area contributed by atoms with Gasteiger partial charge in [0, 0.05) is 24.1 Å². The minimum absolute atomic E-state index is 0.213. The summed E-state index contributed by atoms with van der Waals surface area (Å²) >= 11 is 0. The highest BCUT2D eigenvalue weighted by Gasteiger charge is 2.30. The lowest BCUT2D eigenvalue weighted by Crippen LogP contribution is -2.40. The van der Waals surface area contributed by atoms with Crippen LogP contribution in [0.3, 0.4) is 0 Å². The number of aromatic nitrogens is 1. The van der Waals surface area contributed by atoms with Gasteiger partial charge in [-0.1, -0.05) is 35.5 Å². The lowest BCUT2D eigenvalue weighted by atomic mass is 9.81. The van der Waals surface area contributed by atoms with E-state index in [4.69, 9.17) is 4.52 Å². The largest absolute Gasteiger partial charge is 0.356 e. The number of amides is 1. The van der Waals surface area contributed by atoms with Crippen molar-refractivity contribution >= 4 is 5.91 Å². The molecule has 5 nitrogen and oxygen atoms in total. The summed E-state index contributed by atoms with van der Waals surface area (Å²) in [4.78, 5) is 12.2. The van der Waals surface area contributed by atoms with Crippen LogP contribution in [0.15, 0.2) is 40.9 Å². The summed E-state index contributed by atoms with van der Waals surface area (Å²) in [7, 11) is 0. The molecule has 1 amide bonds. The molecular weight excluding hydrogens is 314 g/mol. The van der Waals surface area contributed by atoms with Gasteiger partial charge in [-0.3, -0.25) is 4.79 Å². The van der Waals surface area contributed by atoms with Gasteiger partial charge in [-0.05, 0) is 50.6 Å². The fraction of sp³-hybridized carbons (Fsp3) is 0.500. The summed E-state index contributed by atoms with van der Waals surface area (Å²) in [6.07, 6.45) is 4.81. The SMILES string of the molecule is O=C(C[C@@H]1CCNC[C@H]1Cc1cc(-c2ccccc2)on1)NC1CC1. The molecule has 0 bridgehead atoms. The van der Waals surface area contributed by atoms with Crippen molar-refractivity contribution < 1.29 is 9.32 Å². The first-order chi connectivity index (χ1) is 12.3. The molecule has 4 rings (SSSR count). The zero-order valence-electron chi connectivity index (χ0n) is 14.4. The van der Waals surface area contributed by atoms with Crippen LogP contribution in [0.2, 0.25) is 0 Å². The number of rotatable bonds is 6. The maximum Gasteiger partial charge on any atom is 0.220 e. The summed E-state index contributed by atoms with van der Waals surface area (Å²) in [5, 5.41) is 10.8. The van der Waals surface area contributed by atoms with Crippen molar-refractivity contribution in [2.45, 2.75) is 38.1 Å². The Morgan fingerprint density at radius 3 is 2.84 bits per heavy atom.